The highest BCUT2D eigenvalue weighted by Gasteiger charge is 2.31. The number of ether oxygens (including phenoxy) is 2. The lowest BCUT2D eigenvalue weighted by molar-refractivity contribution is -0.144. The summed E-state index contributed by atoms with van der Waals surface area (Å²) < 4.78 is 11.0. The molecule has 0 aromatic carbocycles. The van der Waals surface area contributed by atoms with Crippen molar-refractivity contribution in [2.45, 2.75) is 6.04 Å². The molecule has 0 saturated carbocycles. The first kappa shape index (κ1) is 12.3. The van der Waals surface area contributed by atoms with Crippen LogP contribution in [0.5, 0.6) is 0 Å². The minimum atomic E-state index is -0.396. The maximum Gasteiger partial charge on any atom is 0.330 e. The maximum absolute atomic E-state index is 11.7. The van der Waals surface area contributed by atoms with Crippen molar-refractivity contribution in [2.75, 3.05) is 31.8 Å². The van der Waals surface area contributed by atoms with Crippen molar-refractivity contribution < 1.29 is 14.3 Å². The second-order valence-electron chi connectivity index (χ2n) is 3.63. The van der Waals surface area contributed by atoms with E-state index in [0.717, 1.165) is 10.2 Å². The zero-order valence-corrected chi connectivity index (χ0v) is 11.0. The largest absolute Gasteiger partial charge is 0.467 e. The van der Waals surface area contributed by atoms with Gasteiger partial charge in [0.15, 0.2) is 6.04 Å². The standard InChI is InChI=1S/C11H13BrN2O3/c1-16-11(15)10-7-17-5-4-14(10)9-2-3-13-6-8(9)12/h2-3,6,10H,4-5,7H2,1H3. The second-order valence-corrected chi connectivity index (χ2v) is 4.49. The summed E-state index contributed by atoms with van der Waals surface area (Å²) in [5.41, 5.74) is 0.929. The summed E-state index contributed by atoms with van der Waals surface area (Å²) in [6.07, 6.45) is 3.41. The van der Waals surface area contributed by atoms with Crippen LogP contribution < -0.4 is 4.90 Å². The number of hydrogen-bond donors (Lipinski definition) is 0. The van der Waals surface area contributed by atoms with Crippen molar-refractivity contribution in [3.8, 4) is 0 Å². The van der Waals surface area contributed by atoms with Gasteiger partial charge in [-0.15, -0.1) is 0 Å². The molecule has 1 aromatic heterocycles. The number of morpholine rings is 1. The Morgan fingerprint density at radius 2 is 2.53 bits per heavy atom. The van der Waals surface area contributed by atoms with Crippen LogP contribution in [-0.4, -0.2) is 43.9 Å². The molecule has 1 aliphatic rings. The molecule has 1 unspecified atom stereocenters. The van der Waals surface area contributed by atoms with E-state index < -0.39 is 6.04 Å². The Kier molecular flexibility index (Phi) is 3.96. The highest BCUT2D eigenvalue weighted by atomic mass is 79.9. The summed E-state index contributed by atoms with van der Waals surface area (Å²) in [7, 11) is 1.39. The van der Waals surface area contributed by atoms with Crippen LogP contribution in [0.15, 0.2) is 22.9 Å². The SMILES string of the molecule is COC(=O)C1COCCN1c1ccncc1Br. The number of anilines is 1. The topological polar surface area (TPSA) is 51.7 Å². The molecule has 92 valence electrons. The third-order valence-electron chi connectivity index (χ3n) is 2.66. The van der Waals surface area contributed by atoms with E-state index in [0.29, 0.717) is 19.8 Å². The van der Waals surface area contributed by atoms with E-state index in [1.54, 1.807) is 12.4 Å². The van der Waals surface area contributed by atoms with E-state index >= 15 is 0 Å². The van der Waals surface area contributed by atoms with Crippen molar-refractivity contribution in [1.82, 2.24) is 4.98 Å². The molecule has 0 spiro atoms. The lowest BCUT2D eigenvalue weighted by atomic mass is 10.2. The van der Waals surface area contributed by atoms with E-state index in [1.165, 1.54) is 7.11 Å². The molecular formula is C11H13BrN2O3. The van der Waals surface area contributed by atoms with Gasteiger partial charge in [-0.2, -0.15) is 0 Å². The number of carbonyl (C=O) groups is 1. The van der Waals surface area contributed by atoms with Crippen molar-refractivity contribution in [2.24, 2.45) is 0 Å². The lowest BCUT2D eigenvalue weighted by Crippen LogP contribution is -2.50. The van der Waals surface area contributed by atoms with Crippen molar-refractivity contribution in [3.63, 3.8) is 0 Å². The third-order valence-corrected chi connectivity index (χ3v) is 3.27. The Bertz CT molecular complexity index is 413. The first-order chi connectivity index (χ1) is 8.24. The summed E-state index contributed by atoms with van der Waals surface area (Å²) in [6.45, 7) is 1.60. The summed E-state index contributed by atoms with van der Waals surface area (Å²) in [6, 6.07) is 1.47. The fraction of sp³-hybridized carbons (Fsp3) is 0.455. The van der Waals surface area contributed by atoms with Crippen LogP contribution in [0.25, 0.3) is 0 Å². The molecule has 1 fully saturated rings. The lowest BCUT2D eigenvalue weighted by Gasteiger charge is -2.35. The Hall–Kier alpha value is -1.14. The molecule has 0 bridgehead atoms. The number of esters is 1. The predicted octanol–water partition coefficient (Wildman–Crippen LogP) is 1.22. The van der Waals surface area contributed by atoms with Crippen LogP contribution in [-0.2, 0) is 14.3 Å². The van der Waals surface area contributed by atoms with Gasteiger partial charge >= 0.3 is 5.97 Å². The molecule has 0 amide bonds. The van der Waals surface area contributed by atoms with Crippen LogP contribution in [0.1, 0.15) is 0 Å². The van der Waals surface area contributed by atoms with E-state index in [9.17, 15) is 4.79 Å². The van der Waals surface area contributed by atoms with Gasteiger partial charge in [0.05, 0.1) is 30.5 Å². The molecule has 0 N–H and O–H groups in total. The smallest absolute Gasteiger partial charge is 0.330 e. The number of pyridine rings is 1. The minimum Gasteiger partial charge on any atom is -0.467 e. The average Bonchev–Trinajstić information content (AvgIpc) is 2.38. The molecule has 17 heavy (non-hydrogen) atoms. The highest BCUT2D eigenvalue weighted by Crippen LogP contribution is 2.27. The molecular weight excluding hydrogens is 288 g/mol. The average molecular weight is 301 g/mol. The number of nitrogens with zero attached hydrogens (tertiary/aromatic N) is 2. The van der Waals surface area contributed by atoms with Crippen LogP contribution >= 0.6 is 15.9 Å². The molecule has 1 atom stereocenters. The first-order valence-electron chi connectivity index (χ1n) is 5.25. The summed E-state index contributed by atoms with van der Waals surface area (Å²) >= 11 is 3.43. The minimum absolute atomic E-state index is 0.284. The van der Waals surface area contributed by atoms with Crippen molar-refractivity contribution in [3.05, 3.63) is 22.9 Å². The number of rotatable bonds is 2. The van der Waals surface area contributed by atoms with Crippen molar-refractivity contribution >= 4 is 27.6 Å². The van der Waals surface area contributed by atoms with Gasteiger partial charge < -0.3 is 14.4 Å². The normalized spacial score (nSPS) is 20.1. The Balaban J connectivity index is 2.28. The Morgan fingerprint density at radius 1 is 1.71 bits per heavy atom. The maximum atomic E-state index is 11.7. The van der Waals surface area contributed by atoms with Crippen LogP contribution in [0.3, 0.4) is 0 Å². The summed E-state index contributed by atoms with van der Waals surface area (Å²) in [4.78, 5) is 17.7. The second kappa shape index (κ2) is 5.46. The number of carbonyl (C=O) groups excluding carboxylic acids is 1. The van der Waals surface area contributed by atoms with E-state index in [-0.39, 0.29) is 5.97 Å². The van der Waals surface area contributed by atoms with Crippen molar-refractivity contribution in [1.29, 1.82) is 0 Å². The fourth-order valence-corrected chi connectivity index (χ4v) is 2.30. The zero-order valence-electron chi connectivity index (χ0n) is 9.43. The molecule has 0 aliphatic carbocycles. The van der Waals surface area contributed by atoms with Gasteiger partial charge in [-0.1, -0.05) is 0 Å². The van der Waals surface area contributed by atoms with Gasteiger partial charge in [-0.05, 0) is 22.0 Å². The van der Waals surface area contributed by atoms with Crippen LogP contribution in [0, 0.1) is 0 Å². The van der Waals surface area contributed by atoms with Gasteiger partial charge in [0.1, 0.15) is 0 Å². The van der Waals surface area contributed by atoms with E-state index in [2.05, 4.69) is 20.9 Å². The zero-order chi connectivity index (χ0) is 12.3. The number of methoxy groups -OCH3 is 1. The number of aromatic nitrogens is 1. The summed E-state index contributed by atoms with van der Waals surface area (Å²) in [5, 5.41) is 0. The molecule has 2 rings (SSSR count). The van der Waals surface area contributed by atoms with E-state index in [4.69, 9.17) is 9.47 Å². The van der Waals surface area contributed by atoms with Crippen LogP contribution in [0.2, 0.25) is 0 Å². The molecule has 0 radical (unpaired) electrons. The molecule has 1 aliphatic heterocycles. The number of halogens is 1. The van der Waals surface area contributed by atoms with Gasteiger partial charge in [-0.3, -0.25) is 4.98 Å². The summed E-state index contributed by atoms with van der Waals surface area (Å²) in [5.74, 6) is -0.284. The highest BCUT2D eigenvalue weighted by molar-refractivity contribution is 9.10. The van der Waals surface area contributed by atoms with Gasteiger partial charge in [0, 0.05) is 18.9 Å². The first-order valence-corrected chi connectivity index (χ1v) is 6.05. The molecule has 1 saturated heterocycles. The third kappa shape index (κ3) is 2.58. The quantitative estimate of drug-likeness (QED) is 0.769. The predicted molar refractivity (Wildman–Crippen MR) is 65.9 cm³/mol. The molecule has 6 heteroatoms. The van der Waals surface area contributed by atoms with E-state index in [1.807, 2.05) is 11.0 Å². The van der Waals surface area contributed by atoms with Gasteiger partial charge in [0.25, 0.3) is 0 Å². The monoisotopic (exact) mass is 300 g/mol. The molecule has 1 aromatic rings. The molecule has 2 heterocycles. The van der Waals surface area contributed by atoms with Gasteiger partial charge in [0.2, 0.25) is 0 Å². The van der Waals surface area contributed by atoms with Crippen LogP contribution in [0.4, 0.5) is 5.69 Å². The van der Waals surface area contributed by atoms with Gasteiger partial charge in [-0.25, -0.2) is 4.79 Å². The number of hydrogen-bond acceptors (Lipinski definition) is 5. The molecule has 5 nitrogen and oxygen atoms in total. The Labute approximate surface area is 108 Å². The fourth-order valence-electron chi connectivity index (χ4n) is 1.82. The Morgan fingerprint density at radius 3 is 3.24 bits per heavy atom.